The lowest BCUT2D eigenvalue weighted by Gasteiger charge is -2.13. The Balaban J connectivity index is 2.17. The summed E-state index contributed by atoms with van der Waals surface area (Å²) in [5, 5.41) is 0. The molecule has 0 amide bonds. The molecule has 88 valence electrons. The Kier molecular flexibility index (Phi) is 3.55. The van der Waals surface area contributed by atoms with E-state index < -0.39 is 0 Å². The van der Waals surface area contributed by atoms with Crippen LogP contribution in [-0.4, -0.2) is 0 Å². The van der Waals surface area contributed by atoms with Gasteiger partial charge in [-0.05, 0) is 30.5 Å². The van der Waals surface area contributed by atoms with Gasteiger partial charge in [0.1, 0.15) is 5.82 Å². The van der Waals surface area contributed by atoms with E-state index in [4.69, 9.17) is 5.73 Å². The van der Waals surface area contributed by atoms with Crippen molar-refractivity contribution in [1.29, 1.82) is 0 Å². The average Bonchev–Trinajstić information content (AvgIpc) is 2.30. The third kappa shape index (κ3) is 2.92. The standard InChI is InChI=1S/C15H16FN/c1-11-7-8-13(14(16)9-11)15(17)10-12-5-3-2-4-6-12/h2-9,15H,10,17H2,1H3. The van der Waals surface area contributed by atoms with Crippen LogP contribution in [-0.2, 0) is 6.42 Å². The largest absolute Gasteiger partial charge is 0.324 e. The summed E-state index contributed by atoms with van der Waals surface area (Å²) in [4.78, 5) is 0. The predicted octanol–water partition coefficient (Wildman–Crippen LogP) is 3.38. The molecule has 2 rings (SSSR count). The van der Waals surface area contributed by atoms with Crippen molar-refractivity contribution in [2.75, 3.05) is 0 Å². The van der Waals surface area contributed by atoms with Crippen molar-refractivity contribution in [1.82, 2.24) is 0 Å². The van der Waals surface area contributed by atoms with Crippen molar-refractivity contribution >= 4 is 0 Å². The molecule has 1 nitrogen and oxygen atoms in total. The van der Waals surface area contributed by atoms with Gasteiger partial charge in [0.2, 0.25) is 0 Å². The lowest BCUT2D eigenvalue weighted by molar-refractivity contribution is 0.579. The quantitative estimate of drug-likeness (QED) is 0.858. The summed E-state index contributed by atoms with van der Waals surface area (Å²) in [6.45, 7) is 1.87. The molecule has 1 unspecified atom stereocenters. The molecule has 0 aromatic heterocycles. The summed E-state index contributed by atoms with van der Waals surface area (Å²) < 4.78 is 13.7. The van der Waals surface area contributed by atoms with Gasteiger partial charge < -0.3 is 5.73 Å². The predicted molar refractivity (Wildman–Crippen MR) is 68.2 cm³/mol. The lowest BCUT2D eigenvalue weighted by atomic mass is 9.98. The van der Waals surface area contributed by atoms with Crippen LogP contribution in [0.2, 0.25) is 0 Å². The second-order valence-corrected chi connectivity index (χ2v) is 4.32. The van der Waals surface area contributed by atoms with Crippen molar-refractivity contribution in [3.8, 4) is 0 Å². The van der Waals surface area contributed by atoms with Gasteiger partial charge in [0.25, 0.3) is 0 Å². The Labute approximate surface area is 101 Å². The fraction of sp³-hybridized carbons (Fsp3) is 0.200. The van der Waals surface area contributed by atoms with Gasteiger partial charge in [-0.2, -0.15) is 0 Å². The van der Waals surface area contributed by atoms with E-state index in [1.165, 1.54) is 6.07 Å². The molecule has 2 aromatic carbocycles. The van der Waals surface area contributed by atoms with E-state index >= 15 is 0 Å². The Morgan fingerprint density at radius 3 is 2.47 bits per heavy atom. The number of hydrogen-bond donors (Lipinski definition) is 1. The van der Waals surface area contributed by atoms with E-state index in [2.05, 4.69) is 0 Å². The normalized spacial score (nSPS) is 12.4. The summed E-state index contributed by atoms with van der Waals surface area (Å²) in [7, 11) is 0. The maximum atomic E-state index is 13.7. The number of halogens is 1. The molecule has 0 aliphatic rings. The molecule has 0 bridgehead atoms. The molecule has 0 aliphatic heterocycles. The van der Waals surface area contributed by atoms with Crippen LogP contribution in [0.5, 0.6) is 0 Å². The first-order chi connectivity index (χ1) is 8.16. The molecule has 0 saturated heterocycles. The van der Waals surface area contributed by atoms with Gasteiger partial charge in [-0.15, -0.1) is 0 Å². The molecule has 0 spiro atoms. The van der Waals surface area contributed by atoms with Crippen LogP contribution >= 0.6 is 0 Å². The minimum Gasteiger partial charge on any atom is -0.324 e. The zero-order valence-electron chi connectivity index (χ0n) is 9.86. The number of rotatable bonds is 3. The maximum absolute atomic E-state index is 13.7. The van der Waals surface area contributed by atoms with E-state index in [1.54, 1.807) is 6.07 Å². The Hall–Kier alpha value is -1.67. The van der Waals surface area contributed by atoms with Crippen molar-refractivity contribution in [3.63, 3.8) is 0 Å². The topological polar surface area (TPSA) is 26.0 Å². The molecule has 0 radical (unpaired) electrons. The van der Waals surface area contributed by atoms with Gasteiger partial charge in [0, 0.05) is 11.6 Å². The number of nitrogens with two attached hydrogens (primary N) is 1. The second kappa shape index (κ2) is 5.11. The van der Waals surface area contributed by atoms with Crippen molar-refractivity contribution in [2.45, 2.75) is 19.4 Å². The Morgan fingerprint density at radius 1 is 1.12 bits per heavy atom. The number of hydrogen-bond acceptors (Lipinski definition) is 1. The van der Waals surface area contributed by atoms with Crippen LogP contribution in [0.1, 0.15) is 22.7 Å². The van der Waals surface area contributed by atoms with Gasteiger partial charge in [-0.3, -0.25) is 0 Å². The molecule has 1 atom stereocenters. The molecular formula is C15H16FN. The van der Waals surface area contributed by atoms with Crippen molar-refractivity contribution in [2.24, 2.45) is 5.73 Å². The van der Waals surface area contributed by atoms with Crippen LogP contribution in [0.15, 0.2) is 48.5 Å². The van der Waals surface area contributed by atoms with E-state index in [0.717, 1.165) is 11.1 Å². The molecule has 0 aliphatic carbocycles. The molecule has 2 N–H and O–H groups in total. The molecule has 17 heavy (non-hydrogen) atoms. The summed E-state index contributed by atoms with van der Waals surface area (Å²) in [5.74, 6) is -0.214. The van der Waals surface area contributed by atoms with Crippen LogP contribution in [0.25, 0.3) is 0 Å². The first-order valence-corrected chi connectivity index (χ1v) is 5.72. The molecule has 0 saturated carbocycles. The zero-order chi connectivity index (χ0) is 12.3. The van der Waals surface area contributed by atoms with E-state index in [9.17, 15) is 4.39 Å². The van der Waals surface area contributed by atoms with Crippen LogP contribution in [0.3, 0.4) is 0 Å². The third-order valence-electron chi connectivity index (χ3n) is 2.85. The van der Waals surface area contributed by atoms with Gasteiger partial charge >= 0.3 is 0 Å². The summed E-state index contributed by atoms with van der Waals surface area (Å²) in [5.41, 5.74) is 8.66. The SMILES string of the molecule is Cc1ccc(C(N)Cc2ccccc2)c(F)c1. The zero-order valence-corrected chi connectivity index (χ0v) is 9.86. The highest BCUT2D eigenvalue weighted by Gasteiger charge is 2.11. The lowest BCUT2D eigenvalue weighted by Crippen LogP contribution is -2.15. The third-order valence-corrected chi connectivity index (χ3v) is 2.85. The smallest absolute Gasteiger partial charge is 0.128 e. The first kappa shape index (κ1) is 11.8. The molecule has 0 heterocycles. The highest BCUT2D eigenvalue weighted by atomic mass is 19.1. The van der Waals surface area contributed by atoms with E-state index in [1.807, 2.05) is 43.3 Å². The summed E-state index contributed by atoms with van der Waals surface area (Å²) in [6.07, 6.45) is 0.654. The fourth-order valence-electron chi connectivity index (χ4n) is 1.91. The molecule has 2 heteroatoms. The Bertz CT molecular complexity index is 494. The van der Waals surface area contributed by atoms with Crippen LogP contribution in [0, 0.1) is 12.7 Å². The van der Waals surface area contributed by atoms with Crippen molar-refractivity contribution in [3.05, 3.63) is 71.0 Å². The van der Waals surface area contributed by atoms with E-state index in [-0.39, 0.29) is 11.9 Å². The minimum atomic E-state index is -0.294. The van der Waals surface area contributed by atoms with Gasteiger partial charge in [-0.1, -0.05) is 42.5 Å². The number of benzene rings is 2. The molecule has 2 aromatic rings. The first-order valence-electron chi connectivity index (χ1n) is 5.72. The Morgan fingerprint density at radius 2 is 1.82 bits per heavy atom. The molecule has 0 fully saturated rings. The van der Waals surface area contributed by atoms with Gasteiger partial charge in [0.05, 0.1) is 0 Å². The highest BCUT2D eigenvalue weighted by Crippen LogP contribution is 2.20. The highest BCUT2D eigenvalue weighted by molar-refractivity contribution is 5.28. The second-order valence-electron chi connectivity index (χ2n) is 4.32. The van der Waals surface area contributed by atoms with Gasteiger partial charge in [-0.25, -0.2) is 4.39 Å². The van der Waals surface area contributed by atoms with E-state index in [0.29, 0.717) is 12.0 Å². The minimum absolute atomic E-state index is 0.214. The summed E-state index contributed by atoms with van der Waals surface area (Å²) >= 11 is 0. The van der Waals surface area contributed by atoms with Crippen LogP contribution < -0.4 is 5.73 Å². The molecular weight excluding hydrogens is 213 g/mol. The van der Waals surface area contributed by atoms with Crippen LogP contribution in [0.4, 0.5) is 4.39 Å². The van der Waals surface area contributed by atoms with Crippen molar-refractivity contribution < 1.29 is 4.39 Å². The maximum Gasteiger partial charge on any atom is 0.128 e. The van der Waals surface area contributed by atoms with Gasteiger partial charge in [0.15, 0.2) is 0 Å². The monoisotopic (exact) mass is 229 g/mol. The summed E-state index contributed by atoms with van der Waals surface area (Å²) in [6, 6.07) is 14.8. The number of aryl methyl sites for hydroxylation is 1. The fourth-order valence-corrected chi connectivity index (χ4v) is 1.91. The average molecular weight is 229 g/mol.